The van der Waals surface area contributed by atoms with E-state index in [0.29, 0.717) is 22.4 Å². The molecule has 0 unspecified atom stereocenters. The SMILES string of the molecule is O=S(=O)(Nc1ccc(OC(F)(F)F)cc1)c1ccc(-c2cnc(C3CC3)o2)s1. The van der Waals surface area contributed by atoms with Gasteiger partial charge >= 0.3 is 6.36 Å². The molecule has 4 rings (SSSR count). The van der Waals surface area contributed by atoms with E-state index in [4.69, 9.17) is 4.42 Å². The summed E-state index contributed by atoms with van der Waals surface area (Å²) in [6.07, 6.45) is -1.15. The number of anilines is 1. The lowest BCUT2D eigenvalue weighted by molar-refractivity contribution is -0.274. The second-order valence-electron chi connectivity index (χ2n) is 6.13. The lowest BCUT2D eigenvalue weighted by atomic mass is 10.3. The lowest BCUT2D eigenvalue weighted by Gasteiger charge is -2.10. The fraction of sp³-hybridized carbons (Fsp3) is 0.235. The van der Waals surface area contributed by atoms with Crippen LogP contribution in [0.25, 0.3) is 10.6 Å². The van der Waals surface area contributed by atoms with Crippen LogP contribution in [0.5, 0.6) is 5.75 Å². The van der Waals surface area contributed by atoms with Gasteiger partial charge in [0.05, 0.1) is 11.1 Å². The van der Waals surface area contributed by atoms with Gasteiger partial charge in [0.1, 0.15) is 9.96 Å². The third-order valence-corrected chi connectivity index (χ3v) is 6.85. The van der Waals surface area contributed by atoms with Crippen molar-refractivity contribution in [2.24, 2.45) is 0 Å². The molecule has 1 aliphatic carbocycles. The van der Waals surface area contributed by atoms with Crippen LogP contribution in [-0.2, 0) is 10.0 Å². The van der Waals surface area contributed by atoms with Crippen LogP contribution in [0.15, 0.2) is 51.2 Å². The van der Waals surface area contributed by atoms with Crippen LogP contribution >= 0.6 is 11.3 Å². The zero-order chi connectivity index (χ0) is 19.9. The Kier molecular flexibility index (Phi) is 4.58. The van der Waals surface area contributed by atoms with Crippen molar-refractivity contribution in [3.8, 4) is 16.4 Å². The minimum atomic E-state index is -4.81. The number of nitrogens with one attached hydrogen (secondary N) is 1. The summed E-state index contributed by atoms with van der Waals surface area (Å²) in [6.45, 7) is 0. The first-order valence-corrected chi connectivity index (χ1v) is 10.4. The molecule has 1 N–H and O–H groups in total. The van der Waals surface area contributed by atoms with Gasteiger partial charge in [-0.3, -0.25) is 4.72 Å². The van der Waals surface area contributed by atoms with Gasteiger partial charge in [-0.25, -0.2) is 13.4 Å². The molecule has 6 nitrogen and oxygen atoms in total. The first-order valence-electron chi connectivity index (χ1n) is 8.14. The van der Waals surface area contributed by atoms with Crippen molar-refractivity contribution < 1.29 is 30.7 Å². The minimum absolute atomic E-state index is 0.0440. The molecule has 1 saturated carbocycles. The van der Waals surface area contributed by atoms with E-state index in [0.717, 1.165) is 36.3 Å². The summed E-state index contributed by atoms with van der Waals surface area (Å²) in [7, 11) is -3.90. The van der Waals surface area contributed by atoms with E-state index in [1.165, 1.54) is 18.2 Å². The third kappa shape index (κ3) is 4.30. The highest BCUT2D eigenvalue weighted by Gasteiger charge is 2.31. The zero-order valence-corrected chi connectivity index (χ0v) is 15.7. The van der Waals surface area contributed by atoms with Crippen molar-refractivity contribution in [2.75, 3.05) is 4.72 Å². The van der Waals surface area contributed by atoms with E-state index in [9.17, 15) is 21.6 Å². The number of nitrogens with zero attached hydrogens (tertiary/aromatic N) is 1. The molecule has 0 radical (unpaired) electrons. The molecule has 0 saturated heterocycles. The number of hydrogen-bond donors (Lipinski definition) is 1. The third-order valence-electron chi connectivity index (χ3n) is 3.88. The molecule has 0 aliphatic heterocycles. The Morgan fingerprint density at radius 3 is 2.50 bits per heavy atom. The topological polar surface area (TPSA) is 81.4 Å². The molecule has 1 aromatic carbocycles. The predicted octanol–water partition coefficient (Wildman–Crippen LogP) is 4.98. The number of aromatic nitrogens is 1. The fourth-order valence-corrected chi connectivity index (χ4v) is 4.76. The number of sulfonamides is 1. The van der Waals surface area contributed by atoms with Crippen LogP contribution in [0, 0.1) is 0 Å². The molecule has 0 atom stereocenters. The van der Waals surface area contributed by atoms with E-state index in [1.807, 2.05) is 0 Å². The summed E-state index contributed by atoms with van der Waals surface area (Å²) >= 11 is 1.01. The Hall–Kier alpha value is -2.53. The molecule has 2 aromatic heterocycles. The number of ether oxygens (including phenoxy) is 1. The van der Waals surface area contributed by atoms with Crippen molar-refractivity contribution >= 4 is 27.0 Å². The zero-order valence-electron chi connectivity index (χ0n) is 14.1. The van der Waals surface area contributed by atoms with E-state index in [-0.39, 0.29) is 9.90 Å². The molecular weight excluding hydrogens is 417 g/mol. The Balaban J connectivity index is 1.48. The molecule has 0 amide bonds. The first kappa shape index (κ1) is 18.8. The second-order valence-corrected chi connectivity index (χ2v) is 9.13. The summed E-state index contributed by atoms with van der Waals surface area (Å²) in [6, 6.07) is 7.48. The van der Waals surface area contributed by atoms with Gasteiger partial charge in [0.25, 0.3) is 10.0 Å². The lowest BCUT2D eigenvalue weighted by Crippen LogP contribution is -2.17. The molecule has 1 fully saturated rings. The number of alkyl halides is 3. The van der Waals surface area contributed by atoms with Gasteiger partial charge in [0.2, 0.25) is 0 Å². The average molecular weight is 430 g/mol. The van der Waals surface area contributed by atoms with Gasteiger partial charge in [-0.1, -0.05) is 0 Å². The Bertz CT molecular complexity index is 1080. The number of rotatable bonds is 6. The van der Waals surface area contributed by atoms with Crippen LogP contribution in [0.2, 0.25) is 0 Å². The van der Waals surface area contributed by atoms with Crippen LogP contribution in [-0.4, -0.2) is 19.8 Å². The molecular formula is C17H13F3N2O4S2. The summed E-state index contributed by atoms with van der Waals surface area (Å²) in [5, 5.41) is 0. The normalized spacial score (nSPS) is 14.8. The average Bonchev–Trinajstić information content (AvgIpc) is 3.13. The Morgan fingerprint density at radius 2 is 1.86 bits per heavy atom. The molecule has 11 heteroatoms. The van der Waals surface area contributed by atoms with Gasteiger partial charge in [-0.15, -0.1) is 24.5 Å². The maximum absolute atomic E-state index is 12.5. The monoisotopic (exact) mass is 430 g/mol. The second kappa shape index (κ2) is 6.82. The minimum Gasteiger partial charge on any atom is -0.440 e. The van der Waals surface area contributed by atoms with Crippen molar-refractivity contribution in [2.45, 2.75) is 29.3 Å². The van der Waals surface area contributed by atoms with Gasteiger partial charge in [-0.2, -0.15) is 0 Å². The first-order chi connectivity index (χ1) is 13.2. The van der Waals surface area contributed by atoms with Crippen molar-refractivity contribution in [3.63, 3.8) is 0 Å². The van der Waals surface area contributed by atoms with Crippen molar-refractivity contribution in [1.29, 1.82) is 0 Å². The summed E-state index contributed by atoms with van der Waals surface area (Å²) in [5.41, 5.74) is 0.111. The van der Waals surface area contributed by atoms with Crippen LogP contribution in [0.3, 0.4) is 0 Å². The largest absolute Gasteiger partial charge is 0.573 e. The quantitative estimate of drug-likeness (QED) is 0.597. The molecule has 1 aliphatic rings. The summed E-state index contributed by atoms with van der Waals surface area (Å²) in [5.74, 6) is 1.07. The highest BCUT2D eigenvalue weighted by molar-refractivity contribution is 7.94. The maximum atomic E-state index is 12.5. The highest BCUT2D eigenvalue weighted by atomic mass is 32.2. The van der Waals surface area contributed by atoms with Gasteiger partial charge < -0.3 is 9.15 Å². The van der Waals surface area contributed by atoms with E-state index in [2.05, 4.69) is 14.4 Å². The standard InChI is InChI=1S/C17H13F3N2O4S2/c18-17(19,20)26-12-5-3-11(4-6-12)22-28(23,24)15-8-7-14(27-15)13-9-21-16(25-13)10-1-2-10/h3-10,22H,1-2H2. The van der Waals surface area contributed by atoms with Gasteiger partial charge in [0, 0.05) is 11.6 Å². The van der Waals surface area contributed by atoms with Gasteiger partial charge in [-0.05, 0) is 49.2 Å². The number of hydrogen-bond acceptors (Lipinski definition) is 6. The van der Waals surface area contributed by atoms with Crippen LogP contribution in [0.4, 0.5) is 18.9 Å². The number of benzene rings is 1. The number of halogens is 3. The van der Waals surface area contributed by atoms with E-state index < -0.39 is 22.1 Å². The summed E-state index contributed by atoms with van der Waals surface area (Å²) < 4.78 is 73.4. The molecule has 2 heterocycles. The molecule has 3 aromatic rings. The predicted molar refractivity (Wildman–Crippen MR) is 95.7 cm³/mol. The molecule has 0 spiro atoms. The van der Waals surface area contributed by atoms with Crippen LogP contribution in [0.1, 0.15) is 24.7 Å². The van der Waals surface area contributed by atoms with Gasteiger partial charge in [0.15, 0.2) is 11.7 Å². The Labute approximate surface area is 162 Å². The fourth-order valence-electron chi connectivity index (χ4n) is 2.45. The van der Waals surface area contributed by atoms with Crippen LogP contribution < -0.4 is 9.46 Å². The maximum Gasteiger partial charge on any atom is 0.573 e. The molecule has 148 valence electrons. The Morgan fingerprint density at radius 1 is 1.14 bits per heavy atom. The smallest absolute Gasteiger partial charge is 0.440 e. The number of oxazole rings is 1. The van der Waals surface area contributed by atoms with Crippen molar-refractivity contribution in [1.82, 2.24) is 4.98 Å². The summed E-state index contributed by atoms with van der Waals surface area (Å²) in [4.78, 5) is 4.83. The number of thiophene rings is 1. The van der Waals surface area contributed by atoms with E-state index >= 15 is 0 Å². The molecule has 28 heavy (non-hydrogen) atoms. The molecule has 0 bridgehead atoms. The highest BCUT2D eigenvalue weighted by Crippen LogP contribution is 2.41. The van der Waals surface area contributed by atoms with Crippen molar-refractivity contribution in [3.05, 3.63) is 48.5 Å². The van der Waals surface area contributed by atoms with E-state index in [1.54, 1.807) is 12.3 Å².